The summed E-state index contributed by atoms with van der Waals surface area (Å²) in [6.07, 6.45) is 3.17. The highest BCUT2D eigenvalue weighted by molar-refractivity contribution is 6.02. The van der Waals surface area contributed by atoms with Gasteiger partial charge in [-0.2, -0.15) is 0 Å². The van der Waals surface area contributed by atoms with Crippen molar-refractivity contribution < 1.29 is 72.2 Å². The zero-order valence-electron chi connectivity index (χ0n) is 70.8. The normalized spacial score (nSPS) is 25.5. The van der Waals surface area contributed by atoms with Crippen molar-refractivity contribution in [2.75, 3.05) is 66.0 Å². The SMILES string of the molecule is CC(C)C[C@@H]1NC(=O)[C@H](Cc2c[nH]c3ccccc23)NC(=O)[C@H]([C@@H](C)O)NC(=O)[C@@H]2CCCN2C(=O)[C@H]2CCCN2C(=O)[C@H](CCCCN)NC(=O)[C@H](C)NC(=O)[C@H](CCN)NC(=O)[C@H](CCCN)NC(=O)[C@H](Cc2c[nH]c3ccccc23)NC(=O)[C@H](CCCN=C(N)N)NC(=O)[C@@H](CCCCN)NC(=O)[C@H](CCCN)NC(=O)[C@H](CCN)N(C)C1=O. The lowest BCUT2D eigenvalue weighted by atomic mass is 9.99. The van der Waals surface area contributed by atoms with Crippen molar-refractivity contribution in [2.24, 2.45) is 56.8 Å². The molecule has 2 aromatic heterocycles. The smallest absolute Gasteiger partial charge is 0.246 e. The Hall–Kier alpha value is -10.9. The molecule has 0 saturated carbocycles. The third-order valence-corrected chi connectivity index (χ3v) is 22.3. The Kier molecular flexibility index (Phi) is 39.6. The topological polar surface area (TPSA) is 653 Å². The van der Waals surface area contributed by atoms with Crippen LogP contribution in [0.5, 0.6) is 0 Å². The van der Waals surface area contributed by atoms with E-state index in [1.54, 1.807) is 74.8 Å². The lowest BCUT2D eigenvalue weighted by Crippen LogP contribution is -2.62. The van der Waals surface area contributed by atoms with Gasteiger partial charge in [0.2, 0.25) is 82.7 Å². The minimum atomic E-state index is -1.76. The minimum absolute atomic E-state index is 0.0248. The molecular formula is C82H131N25O15. The number of carbonyl (C=O) groups excluding carboxylic acids is 14. The summed E-state index contributed by atoms with van der Waals surface area (Å²) in [6, 6.07) is -5.60. The first-order valence-electron chi connectivity index (χ1n) is 42.6. The third kappa shape index (κ3) is 28.3. The van der Waals surface area contributed by atoms with E-state index in [0.29, 0.717) is 65.0 Å². The highest BCUT2D eigenvalue weighted by Gasteiger charge is 2.46. The van der Waals surface area contributed by atoms with Crippen molar-refractivity contribution in [1.29, 1.82) is 0 Å². The van der Waals surface area contributed by atoms with Gasteiger partial charge >= 0.3 is 0 Å². The van der Waals surface area contributed by atoms with Crippen molar-refractivity contribution in [1.82, 2.24) is 83.2 Å². The lowest BCUT2D eigenvalue weighted by Gasteiger charge is -2.34. The summed E-state index contributed by atoms with van der Waals surface area (Å²) >= 11 is 0. The molecular weight excluding hydrogens is 1580 g/mol. The van der Waals surface area contributed by atoms with Gasteiger partial charge in [-0.3, -0.25) is 72.1 Å². The largest absolute Gasteiger partial charge is 0.391 e. The van der Waals surface area contributed by atoms with Gasteiger partial charge in [0, 0.05) is 73.7 Å². The van der Waals surface area contributed by atoms with Gasteiger partial charge < -0.3 is 134 Å². The maximum Gasteiger partial charge on any atom is 0.246 e. The first-order chi connectivity index (χ1) is 58.4. The maximum atomic E-state index is 15.2. The van der Waals surface area contributed by atoms with Crippen LogP contribution in [0.25, 0.3) is 21.8 Å². The van der Waals surface area contributed by atoms with Gasteiger partial charge in [0.15, 0.2) is 5.96 Å². The van der Waals surface area contributed by atoms with E-state index in [1.165, 1.54) is 30.7 Å². The standard InChI is InChI=1S/C82H131N25O15/c1-46(2)41-63-79(120)105(5)64(31-37-88)76(117)99-57(26-15-35-86)72(113)95-55(23-10-12-32-83)70(111)96-58(27-16-38-91-82(89)90)73(114)101-61(42-49-44-92-53-21-8-6-19-51(49)53)74(115)97-56(25-14-34-85)71(112)98-59(30-36-87)69(110)94-47(3)68(109)100-60(24-11-13-33-84)80(121)107-40-18-29-66(107)81(122)106-39-17-28-65(106)77(118)104-67(48(4)108)78(119)102-62(75(116)103-63)43-50-45-93-54-22-9-7-20-52(50)54/h6-9,19-22,44-48,55-67,92-93,108H,10-18,23-43,83-88H2,1-5H3,(H,94,110)(H,95,113)(H,96,111)(H,97,115)(H,98,112)(H,99,117)(H,100,109)(H,101,114)(H,102,119)(H,103,116)(H,104,118)(H4,89,90,91)/t47-,48+,55+,56-,57-,58-,59-,60-,61-,62-,63-,64-,65-,66+,67-/m0/s1. The van der Waals surface area contributed by atoms with E-state index in [0.717, 1.165) is 4.90 Å². The highest BCUT2D eigenvalue weighted by Crippen LogP contribution is 2.28. The van der Waals surface area contributed by atoms with Crippen LogP contribution in [0.2, 0.25) is 0 Å². The van der Waals surface area contributed by atoms with E-state index in [-0.39, 0.29) is 174 Å². The quantitative estimate of drug-likeness (QED) is 0.0138. The van der Waals surface area contributed by atoms with Gasteiger partial charge in [-0.1, -0.05) is 50.2 Å². The molecule has 0 radical (unpaired) electrons. The third-order valence-electron chi connectivity index (χ3n) is 22.3. The summed E-state index contributed by atoms with van der Waals surface area (Å²) in [5.41, 5.74) is 50.0. The number of nitrogens with zero attached hydrogens (tertiary/aromatic N) is 4. The number of carbonyl (C=O) groups is 14. The van der Waals surface area contributed by atoms with Crippen molar-refractivity contribution >= 4 is 110 Å². The summed E-state index contributed by atoms with van der Waals surface area (Å²) in [4.78, 5) is 223. The van der Waals surface area contributed by atoms with Gasteiger partial charge in [-0.05, 0) is 204 Å². The predicted octanol–water partition coefficient (Wildman–Crippen LogP) is -4.48. The van der Waals surface area contributed by atoms with Crippen LogP contribution in [0, 0.1) is 5.92 Å². The van der Waals surface area contributed by atoms with Crippen molar-refractivity contribution in [3.05, 3.63) is 72.1 Å². The molecule has 3 fully saturated rings. The molecule has 0 unspecified atom stereocenters. The molecule has 3 saturated heterocycles. The van der Waals surface area contributed by atoms with Crippen LogP contribution in [-0.2, 0) is 80.0 Å². The zero-order chi connectivity index (χ0) is 89.3. The number of aliphatic hydroxyl groups excluding tert-OH is 1. The van der Waals surface area contributed by atoms with Crippen LogP contribution >= 0.6 is 0 Å². The number of hydrogen-bond acceptors (Lipinski definition) is 22. The molecule has 30 N–H and O–H groups in total. The van der Waals surface area contributed by atoms with E-state index in [4.69, 9.17) is 45.9 Å². The Morgan fingerprint density at radius 2 is 0.820 bits per heavy atom. The summed E-state index contributed by atoms with van der Waals surface area (Å²) in [6.45, 7) is 6.43. The fraction of sp³-hybridized carbons (Fsp3) is 0.622. The number of aromatic nitrogens is 2. The van der Waals surface area contributed by atoms with E-state index >= 15 is 24.0 Å². The van der Waals surface area contributed by atoms with Gasteiger partial charge in [0.05, 0.1) is 6.10 Å². The van der Waals surface area contributed by atoms with Crippen LogP contribution in [0.15, 0.2) is 65.9 Å². The molecule has 7 rings (SSSR count). The molecule has 674 valence electrons. The lowest BCUT2D eigenvalue weighted by molar-refractivity contribution is -0.148. The van der Waals surface area contributed by atoms with Gasteiger partial charge in [-0.15, -0.1) is 0 Å². The summed E-state index contributed by atoms with van der Waals surface area (Å²) in [5.74, 6) is -12.3. The minimum Gasteiger partial charge on any atom is -0.391 e. The Morgan fingerprint density at radius 1 is 0.418 bits per heavy atom. The predicted molar refractivity (Wildman–Crippen MR) is 458 cm³/mol. The number of nitrogens with two attached hydrogens (primary N) is 8. The number of amides is 14. The van der Waals surface area contributed by atoms with Crippen LogP contribution in [0.4, 0.5) is 0 Å². The second-order valence-corrected chi connectivity index (χ2v) is 32.1. The molecule has 3 aliphatic heterocycles. The van der Waals surface area contributed by atoms with E-state index in [2.05, 4.69) is 73.4 Å². The Balaban J connectivity index is 1.30. The Morgan fingerprint density at radius 3 is 1.30 bits per heavy atom. The number of aromatic amines is 2. The molecule has 40 heteroatoms. The molecule has 2 aromatic carbocycles. The molecule has 122 heavy (non-hydrogen) atoms. The number of benzene rings is 2. The maximum absolute atomic E-state index is 15.2. The van der Waals surface area contributed by atoms with Gasteiger partial charge in [0.1, 0.15) is 84.6 Å². The second-order valence-electron chi connectivity index (χ2n) is 32.1. The number of para-hydroxylation sites is 2. The first kappa shape index (κ1) is 98.2. The van der Waals surface area contributed by atoms with E-state index in [1.807, 2.05) is 0 Å². The van der Waals surface area contributed by atoms with Crippen molar-refractivity contribution in [3.8, 4) is 0 Å². The molecule has 14 amide bonds. The number of fused-ring (bicyclic) bond motifs is 4. The molecule has 15 atom stereocenters. The first-order valence-corrected chi connectivity index (χ1v) is 42.6. The second kappa shape index (κ2) is 49.3. The van der Waals surface area contributed by atoms with Crippen LogP contribution in [0.1, 0.15) is 161 Å². The van der Waals surface area contributed by atoms with E-state index in [9.17, 15) is 48.3 Å². The highest BCUT2D eigenvalue weighted by atomic mass is 16.3. The average molecular weight is 1710 g/mol. The number of likely N-dealkylation sites (N-methyl/N-ethyl adjacent to an activating group) is 1. The number of guanidine groups is 1. The number of aliphatic imine (C=N–C) groups is 1. The Bertz CT molecular complexity index is 4230. The van der Waals surface area contributed by atoms with Gasteiger partial charge in [0.25, 0.3) is 0 Å². The molecule has 4 aromatic rings. The molecule has 40 nitrogen and oxygen atoms in total. The molecule has 3 aliphatic rings. The van der Waals surface area contributed by atoms with Gasteiger partial charge in [-0.25, -0.2) is 0 Å². The molecule has 5 heterocycles. The van der Waals surface area contributed by atoms with Crippen LogP contribution < -0.4 is 104 Å². The van der Waals surface area contributed by atoms with Crippen molar-refractivity contribution in [2.45, 2.75) is 253 Å². The van der Waals surface area contributed by atoms with E-state index < -0.39 is 173 Å². The number of rotatable bonds is 29. The summed E-state index contributed by atoms with van der Waals surface area (Å²) in [7, 11) is 1.32. The molecule has 0 spiro atoms. The van der Waals surface area contributed by atoms with Crippen LogP contribution in [-0.4, -0.2) is 275 Å². The fourth-order valence-electron chi connectivity index (χ4n) is 15.6. The average Bonchev–Trinajstić information content (AvgIpc) is 1.63. The summed E-state index contributed by atoms with van der Waals surface area (Å²) in [5, 5.41) is 42.9. The van der Waals surface area contributed by atoms with Crippen LogP contribution in [0.3, 0.4) is 0 Å². The van der Waals surface area contributed by atoms with Crippen molar-refractivity contribution in [3.63, 3.8) is 0 Å². The summed E-state index contributed by atoms with van der Waals surface area (Å²) < 4.78 is 0. The Labute approximate surface area is 710 Å². The monoisotopic (exact) mass is 1710 g/mol. The molecule has 0 aliphatic carbocycles. The number of nitrogens with one attached hydrogen (secondary N) is 13. The zero-order valence-corrected chi connectivity index (χ0v) is 70.8. The number of hydrogen-bond donors (Lipinski definition) is 22. The number of unbranched alkanes of at least 4 members (excludes halogenated alkanes) is 2. The number of H-pyrrole nitrogens is 2. The fourth-order valence-corrected chi connectivity index (χ4v) is 15.6. The number of aliphatic hydroxyl groups is 1. The molecule has 0 bridgehead atoms.